The Morgan fingerprint density at radius 3 is 2.38 bits per heavy atom. The van der Waals surface area contributed by atoms with Crippen molar-refractivity contribution in [3.63, 3.8) is 0 Å². The van der Waals surface area contributed by atoms with E-state index in [1.807, 2.05) is 13.8 Å². The number of carbonyl (C=O) groups excluding carboxylic acids is 1. The number of nitrogens with zero attached hydrogens (tertiary/aromatic N) is 2. The molecule has 140 valence electrons. The Balaban J connectivity index is 0.000000791. The van der Waals surface area contributed by atoms with Gasteiger partial charge in [-0.15, -0.1) is 5.10 Å². The maximum Gasteiger partial charge on any atom is 0.209 e. The predicted molar refractivity (Wildman–Crippen MR) is 106 cm³/mol. The second kappa shape index (κ2) is 11.7. The molecule has 3 rings (SSSR count). The van der Waals surface area contributed by atoms with Gasteiger partial charge in [-0.05, 0) is 30.3 Å². The number of aliphatic hydroxyl groups excluding tert-OH is 1. The fourth-order valence-electron chi connectivity index (χ4n) is 1.85. The summed E-state index contributed by atoms with van der Waals surface area (Å²) < 4.78 is 5.75. The number of benzene rings is 1. The summed E-state index contributed by atoms with van der Waals surface area (Å²) in [6.07, 6.45) is 0.800. The maximum atomic E-state index is 10.3. The van der Waals surface area contributed by atoms with Gasteiger partial charge in [-0.2, -0.15) is 4.98 Å². The zero-order valence-corrected chi connectivity index (χ0v) is 16.8. The van der Waals surface area contributed by atoms with E-state index in [2.05, 4.69) is 15.2 Å². The first-order chi connectivity index (χ1) is 12.7. The van der Waals surface area contributed by atoms with Gasteiger partial charge in [-0.25, -0.2) is 0 Å². The smallest absolute Gasteiger partial charge is 0.209 e. The number of thioether (sulfide) groups is 1. The van der Waals surface area contributed by atoms with Crippen LogP contribution in [0, 0.1) is 0 Å². The average molecular weight is 416 g/mol. The fourth-order valence-corrected chi connectivity index (χ4v) is 2.86. The van der Waals surface area contributed by atoms with Crippen molar-refractivity contribution >= 4 is 41.2 Å². The molecule has 0 aliphatic heterocycles. The van der Waals surface area contributed by atoms with Crippen LogP contribution >= 0.6 is 35.0 Å². The molecule has 0 aliphatic carbocycles. The minimum atomic E-state index is 0.307. The summed E-state index contributed by atoms with van der Waals surface area (Å²) in [4.78, 5) is 14.6. The van der Waals surface area contributed by atoms with Crippen molar-refractivity contribution in [1.29, 1.82) is 0 Å². The van der Waals surface area contributed by atoms with E-state index in [-0.39, 0.29) is 0 Å². The zero-order chi connectivity index (χ0) is 19.5. The highest BCUT2D eigenvalue weighted by Gasteiger charge is 2.12. The molecule has 0 atom stereocenters. The number of rotatable bonds is 5. The van der Waals surface area contributed by atoms with E-state index in [0.29, 0.717) is 38.3 Å². The lowest BCUT2D eigenvalue weighted by atomic mass is 10.2. The maximum absolute atomic E-state index is 10.3. The van der Waals surface area contributed by atoms with Crippen LogP contribution in [-0.2, 0) is 4.79 Å². The highest BCUT2D eigenvalue weighted by atomic mass is 35.5. The molecular formula is C17H19Cl2N3O3S. The van der Waals surface area contributed by atoms with Crippen LogP contribution in [0.2, 0.25) is 10.0 Å². The average Bonchev–Trinajstić information content (AvgIpc) is 3.32. The Hall–Kier alpha value is -1.80. The standard InChI is InChI=1S/C14H9Cl2N3O2S.C2H6.CH4O/c15-9-5-8(6-10(16)7-9)11-1-2-12(21-11)13-17-14(19-18-13)22-4-3-20;2*1-2/h1-3,5-7H,4H2,(H,17,18,19);1-2H3;2H,1H3. The normalized spacial score (nSPS) is 9.62. The van der Waals surface area contributed by atoms with Crippen molar-refractivity contribution in [2.24, 2.45) is 0 Å². The zero-order valence-electron chi connectivity index (χ0n) is 14.5. The quantitative estimate of drug-likeness (QED) is 0.451. The Morgan fingerprint density at radius 2 is 1.77 bits per heavy atom. The highest BCUT2D eigenvalue weighted by Crippen LogP contribution is 2.31. The Morgan fingerprint density at radius 1 is 1.15 bits per heavy atom. The van der Waals surface area contributed by atoms with Crippen LogP contribution in [0.3, 0.4) is 0 Å². The molecular weight excluding hydrogens is 397 g/mol. The molecule has 0 unspecified atom stereocenters. The number of aromatic nitrogens is 3. The number of halogens is 2. The summed E-state index contributed by atoms with van der Waals surface area (Å²) in [5, 5.41) is 15.3. The lowest BCUT2D eigenvalue weighted by molar-refractivity contribution is -0.105. The van der Waals surface area contributed by atoms with Gasteiger partial charge in [0.05, 0.1) is 5.75 Å². The third-order valence-electron chi connectivity index (χ3n) is 2.73. The molecule has 26 heavy (non-hydrogen) atoms. The summed E-state index contributed by atoms with van der Waals surface area (Å²) in [5.41, 5.74) is 0.777. The van der Waals surface area contributed by atoms with E-state index < -0.39 is 0 Å². The number of aliphatic hydroxyl groups is 1. The Labute approximate surface area is 165 Å². The lowest BCUT2D eigenvalue weighted by Gasteiger charge is -1.99. The molecule has 2 N–H and O–H groups in total. The number of aldehydes is 1. The summed E-state index contributed by atoms with van der Waals surface area (Å²) in [6, 6.07) is 8.77. The highest BCUT2D eigenvalue weighted by molar-refractivity contribution is 7.99. The molecule has 0 saturated carbocycles. The molecule has 0 radical (unpaired) electrons. The minimum absolute atomic E-state index is 0.307. The van der Waals surface area contributed by atoms with Crippen LogP contribution in [0.25, 0.3) is 22.9 Å². The topological polar surface area (TPSA) is 92.0 Å². The summed E-state index contributed by atoms with van der Waals surface area (Å²) >= 11 is 13.2. The van der Waals surface area contributed by atoms with Crippen molar-refractivity contribution in [3.8, 4) is 22.9 Å². The second-order valence-corrected chi connectivity index (χ2v) is 6.13. The van der Waals surface area contributed by atoms with E-state index in [4.69, 9.17) is 32.7 Å². The lowest BCUT2D eigenvalue weighted by Crippen LogP contribution is -1.80. The van der Waals surface area contributed by atoms with Gasteiger partial charge in [-0.3, -0.25) is 5.10 Å². The van der Waals surface area contributed by atoms with Crippen molar-refractivity contribution in [3.05, 3.63) is 40.4 Å². The SMILES string of the molecule is CC.CO.O=CCSc1n[nH]c(-c2ccc(-c3cc(Cl)cc(Cl)c3)o2)n1. The molecule has 0 amide bonds. The molecule has 9 heteroatoms. The van der Waals surface area contributed by atoms with E-state index in [9.17, 15) is 4.79 Å². The van der Waals surface area contributed by atoms with Crippen LogP contribution in [0.4, 0.5) is 0 Å². The number of aromatic amines is 1. The van der Waals surface area contributed by atoms with Crippen LogP contribution in [-0.4, -0.2) is 39.4 Å². The van der Waals surface area contributed by atoms with Crippen LogP contribution in [0.15, 0.2) is 39.9 Å². The van der Waals surface area contributed by atoms with Gasteiger partial charge < -0.3 is 14.3 Å². The van der Waals surface area contributed by atoms with Crippen molar-refractivity contribution in [2.45, 2.75) is 19.0 Å². The van der Waals surface area contributed by atoms with Gasteiger partial charge in [0.15, 0.2) is 11.6 Å². The second-order valence-electron chi connectivity index (χ2n) is 4.27. The first-order valence-corrected chi connectivity index (χ1v) is 9.40. The van der Waals surface area contributed by atoms with Gasteiger partial charge in [0.1, 0.15) is 12.0 Å². The van der Waals surface area contributed by atoms with Gasteiger partial charge >= 0.3 is 0 Å². The van der Waals surface area contributed by atoms with Crippen molar-refractivity contribution in [1.82, 2.24) is 15.2 Å². The molecule has 0 spiro atoms. The number of hydrogen-bond donors (Lipinski definition) is 2. The summed E-state index contributed by atoms with van der Waals surface area (Å²) in [7, 11) is 1.00. The Bertz CT molecular complexity index is 801. The first-order valence-electron chi connectivity index (χ1n) is 7.66. The summed E-state index contributed by atoms with van der Waals surface area (Å²) in [6.45, 7) is 4.00. The van der Waals surface area contributed by atoms with Gasteiger partial charge in [-0.1, -0.05) is 48.8 Å². The molecule has 3 aromatic rings. The molecule has 0 aliphatic rings. The molecule has 0 fully saturated rings. The van der Waals surface area contributed by atoms with E-state index in [0.717, 1.165) is 19.0 Å². The van der Waals surface area contributed by atoms with Gasteiger partial charge in [0.2, 0.25) is 5.16 Å². The van der Waals surface area contributed by atoms with E-state index in [1.165, 1.54) is 11.8 Å². The van der Waals surface area contributed by atoms with Crippen molar-refractivity contribution in [2.75, 3.05) is 12.9 Å². The van der Waals surface area contributed by atoms with E-state index in [1.54, 1.807) is 30.3 Å². The number of furan rings is 1. The van der Waals surface area contributed by atoms with Crippen LogP contribution in [0.1, 0.15) is 13.8 Å². The number of hydrogen-bond acceptors (Lipinski definition) is 6. The third kappa shape index (κ3) is 6.17. The molecule has 0 saturated heterocycles. The van der Waals surface area contributed by atoms with Crippen LogP contribution in [0.5, 0.6) is 0 Å². The predicted octanol–water partition coefficient (Wildman–Crippen LogP) is 4.96. The van der Waals surface area contributed by atoms with E-state index >= 15 is 0 Å². The van der Waals surface area contributed by atoms with Crippen molar-refractivity contribution < 1.29 is 14.3 Å². The van der Waals surface area contributed by atoms with Gasteiger partial charge in [0, 0.05) is 22.7 Å². The monoisotopic (exact) mass is 415 g/mol. The third-order valence-corrected chi connectivity index (χ3v) is 3.91. The number of carbonyl (C=O) groups is 1. The fraction of sp³-hybridized carbons (Fsp3) is 0.235. The number of nitrogens with one attached hydrogen (secondary N) is 1. The molecule has 2 heterocycles. The van der Waals surface area contributed by atoms with Crippen LogP contribution < -0.4 is 0 Å². The molecule has 6 nitrogen and oxygen atoms in total. The first kappa shape index (κ1) is 22.2. The molecule has 1 aromatic carbocycles. The largest absolute Gasteiger partial charge is 0.453 e. The summed E-state index contributed by atoms with van der Waals surface area (Å²) in [5.74, 6) is 1.96. The minimum Gasteiger partial charge on any atom is -0.453 e. The van der Waals surface area contributed by atoms with Gasteiger partial charge in [0.25, 0.3) is 0 Å². The Kier molecular flexibility index (Phi) is 10.0. The molecule has 0 bridgehead atoms. The number of H-pyrrole nitrogens is 1. The molecule has 2 aromatic heterocycles.